The molecule has 2 aromatic carbocycles. The lowest BCUT2D eigenvalue weighted by atomic mass is 10.00. The Balaban J connectivity index is 0.000000136. The van der Waals surface area contributed by atoms with Crippen LogP contribution in [0.15, 0.2) is 36.4 Å². The summed E-state index contributed by atoms with van der Waals surface area (Å²) in [4.78, 5) is 22.0. The van der Waals surface area contributed by atoms with Gasteiger partial charge in [0.1, 0.15) is 0 Å². The maximum absolute atomic E-state index is 11.1. The molecule has 118 valence electrons. The average molecular weight is 308 g/mol. The summed E-state index contributed by atoms with van der Waals surface area (Å²) in [5.41, 5.74) is 6.71. The molecule has 0 aliphatic carbocycles. The number of benzene rings is 2. The molecular formula is C19H20N2O2. The van der Waals surface area contributed by atoms with Crippen LogP contribution in [-0.2, 0) is 22.4 Å². The van der Waals surface area contributed by atoms with Gasteiger partial charge in [0.05, 0.1) is 6.42 Å². The summed E-state index contributed by atoms with van der Waals surface area (Å²) in [7, 11) is 0. The Hall–Kier alpha value is -2.62. The number of hydrogen-bond donors (Lipinski definition) is 2. The van der Waals surface area contributed by atoms with Crippen LogP contribution in [0.3, 0.4) is 0 Å². The molecule has 0 fully saturated rings. The first-order valence-electron chi connectivity index (χ1n) is 7.81. The first kappa shape index (κ1) is 15.3. The second-order valence-electron chi connectivity index (χ2n) is 5.99. The molecule has 2 amide bonds. The van der Waals surface area contributed by atoms with Crippen LogP contribution in [0.5, 0.6) is 0 Å². The number of amides is 2. The fourth-order valence-corrected chi connectivity index (χ4v) is 2.98. The summed E-state index contributed by atoms with van der Waals surface area (Å²) < 4.78 is 0. The number of aryl methyl sites for hydroxylation is 3. The number of rotatable bonds is 0. The summed E-state index contributed by atoms with van der Waals surface area (Å²) in [6.07, 6.45) is 2.04. The minimum Gasteiger partial charge on any atom is -0.326 e. The van der Waals surface area contributed by atoms with Crippen LogP contribution in [0.4, 0.5) is 11.4 Å². The highest BCUT2D eigenvalue weighted by Crippen LogP contribution is 2.26. The Bertz CT molecular complexity index is 781. The minimum absolute atomic E-state index is 0.106. The van der Waals surface area contributed by atoms with Crippen molar-refractivity contribution in [3.63, 3.8) is 0 Å². The van der Waals surface area contributed by atoms with Crippen LogP contribution < -0.4 is 10.6 Å². The molecule has 0 unspecified atom stereocenters. The first-order valence-corrected chi connectivity index (χ1v) is 7.81. The average Bonchev–Trinajstić information content (AvgIpc) is 2.91. The predicted molar refractivity (Wildman–Crippen MR) is 91.6 cm³/mol. The third kappa shape index (κ3) is 3.26. The lowest BCUT2D eigenvalue weighted by Gasteiger charge is -2.18. The van der Waals surface area contributed by atoms with Gasteiger partial charge in [-0.2, -0.15) is 0 Å². The molecular weight excluding hydrogens is 288 g/mol. The molecule has 2 aromatic rings. The molecule has 0 saturated carbocycles. The lowest BCUT2D eigenvalue weighted by Crippen LogP contribution is -2.19. The molecule has 0 spiro atoms. The van der Waals surface area contributed by atoms with Crippen LogP contribution in [0.25, 0.3) is 0 Å². The SMILES string of the molecule is Cc1cccc2c1NC(=O)C2.Cc1cccc2c1NC(=O)CC2. The standard InChI is InChI=1S/C10H11NO.C9H9NO/c1-7-3-2-4-8-5-6-9(12)11-10(7)8;1-6-3-2-4-7-5-8(11)10-9(6)7/h2-4H,5-6H2,1H3,(H,11,12);2-4H,5H2,1H3,(H,10,11). The molecule has 0 radical (unpaired) electrons. The maximum Gasteiger partial charge on any atom is 0.228 e. The number of hydrogen-bond acceptors (Lipinski definition) is 2. The van der Waals surface area contributed by atoms with E-state index in [0.29, 0.717) is 12.8 Å². The molecule has 4 rings (SSSR count). The Morgan fingerprint density at radius 3 is 1.96 bits per heavy atom. The molecule has 2 heterocycles. The fourth-order valence-electron chi connectivity index (χ4n) is 2.98. The Labute approximate surface area is 135 Å². The van der Waals surface area contributed by atoms with E-state index in [1.807, 2.05) is 44.2 Å². The number of nitrogens with one attached hydrogen (secondary N) is 2. The van der Waals surface area contributed by atoms with Crippen LogP contribution in [-0.4, -0.2) is 11.8 Å². The van der Waals surface area contributed by atoms with Gasteiger partial charge in [-0.15, -0.1) is 0 Å². The summed E-state index contributed by atoms with van der Waals surface area (Å²) >= 11 is 0. The number of carbonyl (C=O) groups is 2. The van der Waals surface area contributed by atoms with Gasteiger partial charge in [0.25, 0.3) is 0 Å². The maximum atomic E-state index is 11.1. The van der Waals surface area contributed by atoms with Crippen molar-refractivity contribution in [1.29, 1.82) is 0 Å². The van der Waals surface area contributed by atoms with E-state index in [4.69, 9.17) is 0 Å². The first-order chi connectivity index (χ1) is 11.0. The highest BCUT2D eigenvalue weighted by molar-refractivity contribution is 6.00. The predicted octanol–water partition coefficient (Wildman–Crippen LogP) is 3.37. The monoisotopic (exact) mass is 308 g/mol. The molecule has 2 aliphatic rings. The Kier molecular flexibility index (Phi) is 4.15. The zero-order chi connectivity index (χ0) is 16.4. The number of fused-ring (bicyclic) bond motifs is 2. The Morgan fingerprint density at radius 2 is 1.30 bits per heavy atom. The minimum atomic E-state index is 0.106. The quantitative estimate of drug-likeness (QED) is 0.784. The smallest absolute Gasteiger partial charge is 0.228 e. The van der Waals surface area contributed by atoms with Gasteiger partial charge in [-0.05, 0) is 42.5 Å². The molecule has 0 bridgehead atoms. The molecule has 4 heteroatoms. The highest BCUT2D eigenvalue weighted by Gasteiger charge is 2.18. The van der Waals surface area contributed by atoms with E-state index < -0.39 is 0 Å². The van der Waals surface area contributed by atoms with Crippen LogP contribution in [0.2, 0.25) is 0 Å². The van der Waals surface area contributed by atoms with Crippen LogP contribution >= 0.6 is 0 Å². The van der Waals surface area contributed by atoms with Crippen molar-refractivity contribution in [3.05, 3.63) is 58.7 Å². The number of anilines is 2. The molecule has 2 aliphatic heterocycles. The second-order valence-corrected chi connectivity index (χ2v) is 5.99. The van der Waals surface area contributed by atoms with E-state index in [2.05, 4.69) is 16.7 Å². The van der Waals surface area contributed by atoms with Gasteiger partial charge in [0, 0.05) is 17.8 Å². The van der Waals surface area contributed by atoms with Crippen molar-refractivity contribution in [1.82, 2.24) is 0 Å². The zero-order valence-corrected chi connectivity index (χ0v) is 13.4. The van der Waals surface area contributed by atoms with Gasteiger partial charge < -0.3 is 10.6 Å². The lowest BCUT2D eigenvalue weighted by molar-refractivity contribution is -0.116. The topological polar surface area (TPSA) is 58.2 Å². The van der Waals surface area contributed by atoms with Crippen LogP contribution in [0.1, 0.15) is 28.7 Å². The van der Waals surface area contributed by atoms with E-state index in [1.54, 1.807) is 0 Å². The van der Waals surface area contributed by atoms with Gasteiger partial charge in [-0.1, -0.05) is 36.4 Å². The molecule has 23 heavy (non-hydrogen) atoms. The van der Waals surface area contributed by atoms with Crippen molar-refractivity contribution in [2.75, 3.05) is 10.6 Å². The van der Waals surface area contributed by atoms with Crippen molar-refractivity contribution >= 4 is 23.2 Å². The van der Waals surface area contributed by atoms with Crippen molar-refractivity contribution in [2.45, 2.75) is 33.1 Å². The molecule has 0 atom stereocenters. The van der Waals surface area contributed by atoms with Crippen molar-refractivity contribution < 1.29 is 9.59 Å². The van der Waals surface area contributed by atoms with Crippen molar-refractivity contribution in [3.8, 4) is 0 Å². The zero-order valence-electron chi connectivity index (χ0n) is 13.4. The highest BCUT2D eigenvalue weighted by atomic mass is 16.2. The molecule has 0 aromatic heterocycles. The van der Waals surface area contributed by atoms with E-state index in [-0.39, 0.29) is 11.8 Å². The van der Waals surface area contributed by atoms with Gasteiger partial charge in [-0.25, -0.2) is 0 Å². The van der Waals surface area contributed by atoms with Gasteiger partial charge in [-0.3, -0.25) is 9.59 Å². The van der Waals surface area contributed by atoms with E-state index >= 15 is 0 Å². The fraction of sp³-hybridized carbons (Fsp3) is 0.263. The molecule has 4 nitrogen and oxygen atoms in total. The van der Waals surface area contributed by atoms with E-state index in [0.717, 1.165) is 34.5 Å². The van der Waals surface area contributed by atoms with Crippen LogP contribution in [0, 0.1) is 13.8 Å². The summed E-state index contributed by atoms with van der Waals surface area (Å²) in [6, 6.07) is 12.1. The molecule has 0 saturated heterocycles. The summed E-state index contributed by atoms with van der Waals surface area (Å²) in [6.45, 7) is 4.02. The van der Waals surface area contributed by atoms with Gasteiger partial charge in [0.15, 0.2) is 0 Å². The summed E-state index contributed by atoms with van der Waals surface area (Å²) in [5, 5.41) is 5.72. The Morgan fingerprint density at radius 1 is 0.739 bits per heavy atom. The number of carbonyl (C=O) groups excluding carboxylic acids is 2. The largest absolute Gasteiger partial charge is 0.326 e. The molecule has 2 N–H and O–H groups in total. The third-order valence-corrected chi connectivity index (χ3v) is 4.22. The normalized spacial score (nSPS) is 14.9. The van der Waals surface area contributed by atoms with Crippen molar-refractivity contribution in [2.24, 2.45) is 0 Å². The van der Waals surface area contributed by atoms with E-state index in [9.17, 15) is 9.59 Å². The second kappa shape index (κ2) is 6.24. The third-order valence-electron chi connectivity index (χ3n) is 4.22. The van der Waals surface area contributed by atoms with E-state index in [1.165, 1.54) is 5.56 Å². The van der Waals surface area contributed by atoms with Gasteiger partial charge in [0.2, 0.25) is 11.8 Å². The number of para-hydroxylation sites is 2. The van der Waals surface area contributed by atoms with Gasteiger partial charge >= 0.3 is 0 Å². The summed E-state index contributed by atoms with van der Waals surface area (Å²) in [5.74, 6) is 0.242.